The van der Waals surface area contributed by atoms with E-state index in [1.165, 1.54) is 0 Å². The molecule has 2 rings (SSSR count). The molecular formula is C7H5BBrClN2O. The molecule has 0 saturated carbocycles. The first kappa shape index (κ1) is 8.90. The summed E-state index contributed by atoms with van der Waals surface area (Å²) in [5, 5.41) is 4.68. The predicted molar refractivity (Wildman–Crippen MR) is 57.1 cm³/mol. The van der Waals surface area contributed by atoms with Gasteiger partial charge in [-0.15, -0.1) is 0 Å². The maximum absolute atomic E-state index is 5.92. The number of nitrogens with zero attached hydrogens (tertiary/aromatic N) is 2. The van der Waals surface area contributed by atoms with Crippen LogP contribution in [0.1, 0.15) is 0 Å². The molecule has 0 aliphatic heterocycles. The van der Waals surface area contributed by atoms with Crippen molar-refractivity contribution in [3.63, 3.8) is 0 Å². The Morgan fingerprint density at radius 2 is 2.38 bits per heavy atom. The molecule has 2 aromatic heterocycles. The fraction of sp³-hybridized carbons (Fsp3) is 0. The van der Waals surface area contributed by atoms with Crippen LogP contribution in [-0.4, -0.2) is 17.7 Å². The van der Waals surface area contributed by atoms with Crippen molar-refractivity contribution >= 4 is 41.1 Å². The summed E-state index contributed by atoms with van der Waals surface area (Å²) < 4.78 is 7.62. The van der Waals surface area contributed by atoms with E-state index < -0.39 is 0 Å². The van der Waals surface area contributed by atoms with E-state index >= 15 is 0 Å². The van der Waals surface area contributed by atoms with Crippen molar-refractivity contribution in [3.05, 3.63) is 28.0 Å². The SMILES string of the molecule is BOc1cc(Br)c2c(Cl)cnn2c1. The molecule has 0 aliphatic carbocycles. The van der Waals surface area contributed by atoms with Gasteiger partial charge < -0.3 is 4.65 Å². The zero-order chi connectivity index (χ0) is 9.42. The Morgan fingerprint density at radius 3 is 3.08 bits per heavy atom. The van der Waals surface area contributed by atoms with Crippen molar-refractivity contribution in [3.8, 4) is 5.75 Å². The molecule has 66 valence electrons. The molecule has 0 N–H and O–H groups in total. The number of hydrogen-bond donors (Lipinski definition) is 0. The van der Waals surface area contributed by atoms with Gasteiger partial charge in [-0.2, -0.15) is 5.10 Å². The van der Waals surface area contributed by atoms with Crippen molar-refractivity contribution < 1.29 is 4.65 Å². The Morgan fingerprint density at radius 1 is 1.62 bits per heavy atom. The third-order valence-electron chi connectivity index (χ3n) is 1.73. The zero-order valence-electron chi connectivity index (χ0n) is 6.79. The van der Waals surface area contributed by atoms with E-state index in [4.69, 9.17) is 16.3 Å². The number of halogens is 2. The minimum atomic E-state index is 0.620. The van der Waals surface area contributed by atoms with Crippen LogP contribution < -0.4 is 4.65 Å². The van der Waals surface area contributed by atoms with Crippen molar-refractivity contribution in [2.45, 2.75) is 0 Å². The van der Waals surface area contributed by atoms with Crippen LogP contribution in [0.2, 0.25) is 5.02 Å². The second-order valence-corrected chi connectivity index (χ2v) is 3.78. The highest BCUT2D eigenvalue weighted by molar-refractivity contribution is 9.10. The van der Waals surface area contributed by atoms with Gasteiger partial charge in [0, 0.05) is 4.47 Å². The molecule has 0 atom stereocenters. The monoisotopic (exact) mass is 258 g/mol. The summed E-state index contributed by atoms with van der Waals surface area (Å²) >= 11 is 9.31. The lowest BCUT2D eigenvalue weighted by Crippen LogP contribution is -1.91. The number of rotatable bonds is 1. The van der Waals surface area contributed by atoms with E-state index in [0.717, 1.165) is 15.7 Å². The molecular weight excluding hydrogens is 254 g/mol. The minimum Gasteiger partial charge on any atom is -0.567 e. The molecule has 13 heavy (non-hydrogen) atoms. The van der Waals surface area contributed by atoms with E-state index in [9.17, 15) is 0 Å². The van der Waals surface area contributed by atoms with E-state index in [1.54, 1.807) is 25.0 Å². The van der Waals surface area contributed by atoms with Crippen LogP contribution in [0.4, 0.5) is 0 Å². The molecule has 0 bridgehead atoms. The molecule has 0 saturated heterocycles. The standard InChI is InChI=1S/C7H5BBrClN2O/c8-13-4-1-5(9)7-6(10)2-11-12(7)3-4/h1-3H,8H2. The van der Waals surface area contributed by atoms with E-state index in [1.807, 2.05) is 6.07 Å². The molecule has 0 spiro atoms. The number of pyridine rings is 1. The lowest BCUT2D eigenvalue weighted by Gasteiger charge is -2.03. The van der Waals surface area contributed by atoms with Gasteiger partial charge in [0.05, 0.1) is 22.9 Å². The summed E-state index contributed by atoms with van der Waals surface area (Å²) in [6, 6.07) is 1.85. The molecule has 0 fully saturated rings. The third-order valence-corrected chi connectivity index (χ3v) is 2.61. The predicted octanol–water partition coefficient (Wildman–Crippen LogP) is 1.68. The first-order valence-electron chi connectivity index (χ1n) is 3.59. The van der Waals surface area contributed by atoms with Crippen LogP contribution in [-0.2, 0) is 0 Å². The third kappa shape index (κ3) is 1.42. The first-order valence-corrected chi connectivity index (χ1v) is 4.76. The lowest BCUT2D eigenvalue weighted by atomic mass is 10.4. The Hall–Kier alpha value is -0.675. The smallest absolute Gasteiger partial charge is 0.322 e. The Balaban J connectivity index is 2.79. The van der Waals surface area contributed by atoms with Crippen molar-refractivity contribution in [2.75, 3.05) is 0 Å². The maximum Gasteiger partial charge on any atom is 0.322 e. The Labute approximate surface area is 89.2 Å². The Kier molecular flexibility index (Phi) is 2.21. The van der Waals surface area contributed by atoms with Crippen LogP contribution in [0, 0.1) is 0 Å². The van der Waals surface area contributed by atoms with Gasteiger partial charge in [0.25, 0.3) is 0 Å². The van der Waals surface area contributed by atoms with Crippen LogP contribution in [0.25, 0.3) is 5.52 Å². The highest BCUT2D eigenvalue weighted by Crippen LogP contribution is 2.28. The summed E-state index contributed by atoms with van der Waals surface area (Å²) in [5.41, 5.74) is 0.850. The van der Waals surface area contributed by atoms with Crippen LogP contribution in [0.15, 0.2) is 22.9 Å². The molecule has 0 amide bonds. The van der Waals surface area contributed by atoms with Gasteiger partial charge in [0.1, 0.15) is 5.75 Å². The second-order valence-electron chi connectivity index (χ2n) is 2.51. The van der Waals surface area contributed by atoms with Gasteiger partial charge in [-0.3, -0.25) is 0 Å². The van der Waals surface area contributed by atoms with Gasteiger partial charge in [0.15, 0.2) is 0 Å². The number of hydrogen-bond acceptors (Lipinski definition) is 2. The average Bonchev–Trinajstić information content (AvgIpc) is 2.48. The number of aromatic nitrogens is 2. The summed E-state index contributed by atoms with van der Waals surface area (Å²) in [6.07, 6.45) is 3.37. The summed E-state index contributed by atoms with van der Waals surface area (Å²) in [4.78, 5) is 0. The molecule has 2 heterocycles. The van der Waals surface area contributed by atoms with Crippen molar-refractivity contribution in [1.29, 1.82) is 0 Å². The van der Waals surface area contributed by atoms with Gasteiger partial charge >= 0.3 is 8.05 Å². The summed E-state index contributed by atoms with van der Waals surface area (Å²) in [7, 11) is 1.61. The molecule has 6 heteroatoms. The van der Waals surface area contributed by atoms with Crippen LogP contribution in [0.5, 0.6) is 5.75 Å². The number of fused-ring (bicyclic) bond motifs is 1. The van der Waals surface area contributed by atoms with Gasteiger partial charge in [-0.05, 0) is 22.0 Å². The summed E-state index contributed by atoms with van der Waals surface area (Å²) in [5.74, 6) is 0.735. The highest BCUT2D eigenvalue weighted by atomic mass is 79.9. The lowest BCUT2D eigenvalue weighted by molar-refractivity contribution is 0.607. The molecule has 0 unspecified atom stereocenters. The molecule has 0 aromatic carbocycles. The van der Waals surface area contributed by atoms with E-state index in [0.29, 0.717) is 5.02 Å². The van der Waals surface area contributed by atoms with Crippen molar-refractivity contribution in [1.82, 2.24) is 9.61 Å². The van der Waals surface area contributed by atoms with Gasteiger partial charge in [0.2, 0.25) is 0 Å². The Bertz CT molecular complexity index is 459. The maximum atomic E-state index is 5.92. The quantitative estimate of drug-likeness (QED) is 0.728. The minimum absolute atomic E-state index is 0.620. The fourth-order valence-electron chi connectivity index (χ4n) is 1.13. The summed E-state index contributed by atoms with van der Waals surface area (Å²) in [6.45, 7) is 0. The highest BCUT2D eigenvalue weighted by Gasteiger charge is 2.07. The van der Waals surface area contributed by atoms with E-state index in [-0.39, 0.29) is 0 Å². The van der Waals surface area contributed by atoms with E-state index in [2.05, 4.69) is 21.0 Å². The fourth-order valence-corrected chi connectivity index (χ4v) is 2.09. The van der Waals surface area contributed by atoms with Gasteiger partial charge in [-0.1, -0.05) is 11.6 Å². The molecule has 0 aliphatic rings. The largest absolute Gasteiger partial charge is 0.567 e. The first-order chi connectivity index (χ1) is 6.22. The molecule has 3 nitrogen and oxygen atoms in total. The zero-order valence-corrected chi connectivity index (χ0v) is 9.13. The molecule has 0 radical (unpaired) electrons. The second kappa shape index (κ2) is 3.23. The average molecular weight is 259 g/mol. The normalized spacial score (nSPS) is 10.6. The topological polar surface area (TPSA) is 26.5 Å². The van der Waals surface area contributed by atoms with Crippen LogP contribution in [0.3, 0.4) is 0 Å². The van der Waals surface area contributed by atoms with Gasteiger partial charge in [-0.25, -0.2) is 4.52 Å². The molecule has 2 aromatic rings. The van der Waals surface area contributed by atoms with Crippen molar-refractivity contribution in [2.24, 2.45) is 0 Å². The van der Waals surface area contributed by atoms with Crippen LogP contribution >= 0.6 is 27.5 Å².